The second-order valence-electron chi connectivity index (χ2n) is 4.00. The maximum atomic E-state index is 5.78. The maximum Gasteiger partial charge on any atom is 0.0724 e. The fourth-order valence-corrected chi connectivity index (χ4v) is 2.15. The van der Waals surface area contributed by atoms with Crippen molar-refractivity contribution < 1.29 is 4.74 Å². The molecule has 2 nitrogen and oxygen atoms in total. The molecule has 0 amide bonds. The lowest BCUT2D eigenvalue weighted by molar-refractivity contribution is 0.0238. The van der Waals surface area contributed by atoms with Gasteiger partial charge in [-0.3, -0.25) is 4.90 Å². The first kappa shape index (κ1) is 11.5. The highest BCUT2D eigenvalue weighted by Crippen LogP contribution is 2.13. The lowest BCUT2D eigenvalue weighted by Gasteiger charge is -2.25. The van der Waals surface area contributed by atoms with E-state index in [0.717, 1.165) is 25.0 Å². The van der Waals surface area contributed by atoms with E-state index in [1.165, 1.54) is 13.0 Å². The minimum atomic E-state index is 0.432. The quantitative estimate of drug-likeness (QED) is 0.711. The number of alkyl halides is 1. The number of nitrogens with zero attached hydrogens (tertiary/aromatic N) is 1. The Morgan fingerprint density at radius 2 is 2.31 bits per heavy atom. The van der Waals surface area contributed by atoms with Gasteiger partial charge < -0.3 is 4.74 Å². The van der Waals surface area contributed by atoms with E-state index < -0.39 is 0 Å². The Labute approximate surface area is 89.8 Å². The van der Waals surface area contributed by atoms with Crippen LogP contribution in [0, 0.1) is 5.92 Å². The predicted molar refractivity (Wildman–Crippen MR) is 59.4 cm³/mol. The van der Waals surface area contributed by atoms with Crippen LogP contribution in [-0.4, -0.2) is 42.6 Å². The van der Waals surface area contributed by atoms with Crippen molar-refractivity contribution in [2.75, 3.05) is 31.6 Å². The molecule has 0 bridgehead atoms. The Bertz CT molecular complexity index is 141. The van der Waals surface area contributed by atoms with Gasteiger partial charge in [-0.25, -0.2) is 0 Å². The van der Waals surface area contributed by atoms with Crippen molar-refractivity contribution >= 4 is 15.9 Å². The molecule has 1 saturated heterocycles. The molecule has 0 aromatic carbocycles. The van der Waals surface area contributed by atoms with Gasteiger partial charge in [0.1, 0.15) is 0 Å². The Balaban J connectivity index is 2.39. The molecule has 1 atom stereocenters. The van der Waals surface area contributed by atoms with Gasteiger partial charge in [0, 0.05) is 31.6 Å². The average Bonchev–Trinajstić information content (AvgIpc) is 2.30. The smallest absolute Gasteiger partial charge is 0.0724 e. The molecule has 1 rings (SSSR count). The standard InChI is InChI=1S/C10H20BrNO/c1-9(2)10-8-12(6-4-11)5-3-7-13-10/h9-10H,3-8H2,1-2H3. The summed E-state index contributed by atoms with van der Waals surface area (Å²) in [6, 6.07) is 0. The fraction of sp³-hybridized carbons (Fsp3) is 1.00. The number of halogens is 1. The molecule has 13 heavy (non-hydrogen) atoms. The van der Waals surface area contributed by atoms with Gasteiger partial charge in [-0.15, -0.1) is 0 Å². The highest BCUT2D eigenvalue weighted by molar-refractivity contribution is 9.09. The molecule has 0 saturated carbocycles. The van der Waals surface area contributed by atoms with Gasteiger partial charge in [0.15, 0.2) is 0 Å². The van der Waals surface area contributed by atoms with Crippen molar-refractivity contribution in [2.24, 2.45) is 5.92 Å². The maximum absolute atomic E-state index is 5.78. The molecular formula is C10H20BrNO. The van der Waals surface area contributed by atoms with Gasteiger partial charge in [0.2, 0.25) is 0 Å². The highest BCUT2D eigenvalue weighted by atomic mass is 79.9. The molecule has 0 N–H and O–H groups in total. The first-order chi connectivity index (χ1) is 6.24. The minimum absolute atomic E-state index is 0.432. The third kappa shape index (κ3) is 3.96. The molecule has 1 aliphatic heterocycles. The van der Waals surface area contributed by atoms with Gasteiger partial charge in [-0.1, -0.05) is 29.8 Å². The van der Waals surface area contributed by atoms with E-state index in [9.17, 15) is 0 Å². The van der Waals surface area contributed by atoms with Crippen LogP contribution in [0.15, 0.2) is 0 Å². The zero-order valence-corrected chi connectivity index (χ0v) is 10.2. The molecule has 0 aromatic heterocycles. The summed E-state index contributed by atoms with van der Waals surface area (Å²) < 4.78 is 5.78. The van der Waals surface area contributed by atoms with E-state index in [4.69, 9.17) is 4.74 Å². The highest BCUT2D eigenvalue weighted by Gasteiger charge is 2.20. The molecule has 0 spiro atoms. The number of hydrogen-bond acceptors (Lipinski definition) is 2. The molecular weight excluding hydrogens is 230 g/mol. The second kappa shape index (κ2) is 5.99. The van der Waals surface area contributed by atoms with Crippen molar-refractivity contribution in [1.29, 1.82) is 0 Å². The van der Waals surface area contributed by atoms with Crippen LogP contribution in [0.3, 0.4) is 0 Å². The lowest BCUT2D eigenvalue weighted by Crippen LogP contribution is -2.35. The molecule has 78 valence electrons. The summed E-state index contributed by atoms with van der Waals surface area (Å²) >= 11 is 3.48. The molecule has 1 heterocycles. The van der Waals surface area contributed by atoms with Crippen molar-refractivity contribution in [2.45, 2.75) is 26.4 Å². The van der Waals surface area contributed by atoms with Gasteiger partial charge in [0.05, 0.1) is 6.10 Å². The Kier molecular flexibility index (Phi) is 5.29. The van der Waals surface area contributed by atoms with E-state index in [2.05, 4.69) is 34.7 Å². The monoisotopic (exact) mass is 249 g/mol. The van der Waals surface area contributed by atoms with Crippen LogP contribution in [0.1, 0.15) is 20.3 Å². The molecule has 3 heteroatoms. The van der Waals surface area contributed by atoms with Crippen LogP contribution < -0.4 is 0 Å². The topological polar surface area (TPSA) is 12.5 Å². The summed E-state index contributed by atoms with van der Waals surface area (Å²) in [6.45, 7) is 8.84. The predicted octanol–water partition coefficient (Wildman–Crippen LogP) is 2.13. The van der Waals surface area contributed by atoms with Gasteiger partial charge in [-0.05, 0) is 12.3 Å². The largest absolute Gasteiger partial charge is 0.377 e. The van der Waals surface area contributed by atoms with Crippen LogP contribution in [-0.2, 0) is 4.74 Å². The summed E-state index contributed by atoms with van der Waals surface area (Å²) in [5.74, 6) is 0.635. The Hall–Kier alpha value is 0.400. The minimum Gasteiger partial charge on any atom is -0.377 e. The third-order valence-electron chi connectivity index (χ3n) is 2.53. The van der Waals surface area contributed by atoms with Crippen LogP contribution >= 0.6 is 15.9 Å². The van der Waals surface area contributed by atoms with Gasteiger partial charge in [-0.2, -0.15) is 0 Å². The van der Waals surface area contributed by atoms with Crippen molar-refractivity contribution in [3.05, 3.63) is 0 Å². The summed E-state index contributed by atoms with van der Waals surface area (Å²) in [7, 11) is 0. The van der Waals surface area contributed by atoms with E-state index >= 15 is 0 Å². The van der Waals surface area contributed by atoms with E-state index in [0.29, 0.717) is 12.0 Å². The first-order valence-electron chi connectivity index (χ1n) is 5.14. The summed E-state index contributed by atoms with van der Waals surface area (Å²) in [4.78, 5) is 2.49. The Morgan fingerprint density at radius 1 is 1.54 bits per heavy atom. The van der Waals surface area contributed by atoms with Crippen LogP contribution in [0.5, 0.6) is 0 Å². The van der Waals surface area contributed by atoms with E-state index in [-0.39, 0.29) is 0 Å². The lowest BCUT2D eigenvalue weighted by atomic mass is 10.1. The zero-order chi connectivity index (χ0) is 9.68. The average molecular weight is 250 g/mol. The number of rotatable bonds is 3. The van der Waals surface area contributed by atoms with Crippen molar-refractivity contribution in [1.82, 2.24) is 4.90 Å². The van der Waals surface area contributed by atoms with Crippen LogP contribution in [0.25, 0.3) is 0 Å². The first-order valence-corrected chi connectivity index (χ1v) is 6.26. The Morgan fingerprint density at radius 3 is 2.92 bits per heavy atom. The summed E-state index contributed by atoms with van der Waals surface area (Å²) in [5, 5.41) is 1.07. The molecule has 1 unspecified atom stereocenters. The SMILES string of the molecule is CC(C)C1CN(CCBr)CCCO1. The van der Waals surface area contributed by atoms with E-state index in [1.807, 2.05) is 0 Å². The van der Waals surface area contributed by atoms with Gasteiger partial charge in [0.25, 0.3) is 0 Å². The van der Waals surface area contributed by atoms with Crippen LogP contribution in [0.4, 0.5) is 0 Å². The number of ether oxygens (including phenoxy) is 1. The molecule has 0 aromatic rings. The van der Waals surface area contributed by atoms with Crippen molar-refractivity contribution in [3.63, 3.8) is 0 Å². The molecule has 0 aliphatic carbocycles. The molecule has 1 fully saturated rings. The molecule has 0 radical (unpaired) electrons. The van der Waals surface area contributed by atoms with E-state index in [1.54, 1.807) is 0 Å². The summed E-state index contributed by atoms with van der Waals surface area (Å²) in [6.07, 6.45) is 1.61. The summed E-state index contributed by atoms with van der Waals surface area (Å²) in [5.41, 5.74) is 0. The number of hydrogen-bond donors (Lipinski definition) is 0. The fourth-order valence-electron chi connectivity index (χ4n) is 1.65. The van der Waals surface area contributed by atoms with Crippen LogP contribution in [0.2, 0.25) is 0 Å². The van der Waals surface area contributed by atoms with Gasteiger partial charge >= 0.3 is 0 Å². The zero-order valence-electron chi connectivity index (χ0n) is 8.63. The third-order valence-corrected chi connectivity index (χ3v) is 2.89. The van der Waals surface area contributed by atoms with Crippen molar-refractivity contribution in [3.8, 4) is 0 Å². The second-order valence-corrected chi connectivity index (χ2v) is 4.79. The molecule has 1 aliphatic rings. The normalized spacial score (nSPS) is 26.3.